The van der Waals surface area contributed by atoms with Gasteiger partial charge in [0, 0.05) is 36.0 Å². The smallest absolute Gasteiger partial charge is 0.254 e. The molecule has 1 N–H and O–H groups in total. The van der Waals surface area contributed by atoms with Crippen molar-refractivity contribution >= 4 is 23.1 Å². The summed E-state index contributed by atoms with van der Waals surface area (Å²) in [5.41, 5.74) is 2.20. The number of amides is 1. The van der Waals surface area contributed by atoms with Crippen LogP contribution in [0.25, 0.3) is 5.57 Å². The molecule has 166 valence electrons. The normalized spacial score (nSPS) is 18.1. The number of nitrogens with zero attached hydrogens (tertiary/aromatic N) is 3. The van der Waals surface area contributed by atoms with E-state index in [4.69, 9.17) is 0 Å². The van der Waals surface area contributed by atoms with E-state index in [1.54, 1.807) is 42.3 Å². The monoisotopic (exact) mass is 446 g/mol. The van der Waals surface area contributed by atoms with Gasteiger partial charge in [0.2, 0.25) is 0 Å². The van der Waals surface area contributed by atoms with Gasteiger partial charge in [0.15, 0.2) is 5.82 Å². The molecule has 0 spiro atoms. The Bertz CT molecular complexity index is 1290. The molecule has 2 atom stereocenters. The molecule has 1 amide bonds. The van der Waals surface area contributed by atoms with Gasteiger partial charge in [0.25, 0.3) is 5.91 Å². The molecule has 1 fully saturated rings. The van der Waals surface area contributed by atoms with Crippen molar-refractivity contribution in [3.63, 3.8) is 0 Å². The van der Waals surface area contributed by atoms with Gasteiger partial charge in [-0.05, 0) is 36.2 Å². The molecule has 8 heteroatoms. The maximum atomic E-state index is 14.8. The summed E-state index contributed by atoms with van der Waals surface area (Å²) in [5.74, 6) is -1.28. The molecular weight excluding hydrogens is 426 g/mol. The second-order valence-corrected chi connectivity index (χ2v) is 8.16. The highest BCUT2D eigenvalue weighted by Crippen LogP contribution is 2.40. The van der Waals surface area contributed by atoms with Crippen molar-refractivity contribution in [3.8, 4) is 0 Å². The molecule has 2 aromatic carbocycles. The number of anilines is 1. The first-order chi connectivity index (χ1) is 15.9. The van der Waals surface area contributed by atoms with Gasteiger partial charge in [-0.3, -0.25) is 14.6 Å². The molecule has 3 aromatic rings. The van der Waals surface area contributed by atoms with Gasteiger partial charge in [0.05, 0.1) is 24.4 Å². The van der Waals surface area contributed by atoms with E-state index in [0.717, 1.165) is 0 Å². The van der Waals surface area contributed by atoms with Crippen molar-refractivity contribution in [2.45, 2.75) is 25.9 Å². The van der Waals surface area contributed by atoms with Gasteiger partial charge in [-0.1, -0.05) is 24.3 Å². The zero-order chi connectivity index (χ0) is 23.1. The lowest BCUT2D eigenvalue weighted by Crippen LogP contribution is -2.36. The fourth-order valence-electron chi connectivity index (χ4n) is 4.32. The molecule has 2 aliphatic rings. The molecule has 1 saturated carbocycles. The van der Waals surface area contributed by atoms with E-state index in [9.17, 15) is 18.4 Å². The summed E-state index contributed by atoms with van der Waals surface area (Å²) in [6.07, 6.45) is 4.92. The third kappa shape index (κ3) is 3.88. The minimum atomic E-state index is -0.676. The number of hydrogen-bond acceptors (Lipinski definition) is 5. The lowest BCUT2D eigenvalue weighted by molar-refractivity contribution is -0.116. The number of carbonyl (C=O) groups excluding carboxylic acids is 2. The van der Waals surface area contributed by atoms with E-state index >= 15 is 0 Å². The fraction of sp³-hybridized carbons (Fsp3) is 0.200. The summed E-state index contributed by atoms with van der Waals surface area (Å²) in [6, 6.07) is 9.78. The van der Waals surface area contributed by atoms with Crippen molar-refractivity contribution in [3.05, 3.63) is 95.1 Å². The van der Waals surface area contributed by atoms with Gasteiger partial charge >= 0.3 is 0 Å². The van der Waals surface area contributed by atoms with Crippen LogP contribution >= 0.6 is 0 Å². The third-order valence-electron chi connectivity index (χ3n) is 6.10. The van der Waals surface area contributed by atoms with E-state index < -0.39 is 29.5 Å². The first kappa shape index (κ1) is 20.9. The number of rotatable bonds is 5. The SMILES string of the molecule is CC1=C(C(=O)N[C@H](c2cccc(F)c2)C2CC2=O)c2cccc(F)c2CN1c1cnccn1. The number of fused-ring (bicyclic) bond motifs is 1. The maximum absolute atomic E-state index is 14.8. The number of nitrogens with one attached hydrogen (secondary N) is 1. The number of Topliss-reactive ketones (excluding diaryl/α,β-unsaturated/α-hetero) is 1. The highest BCUT2D eigenvalue weighted by molar-refractivity contribution is 6.22. The van der Waals surface area contributed by atoms with Crippen LogP contribution in [0.15, 0.2) is 66.8 Å². The largest absolute Gasteiger partial charge is 0.344 e. The van der Waals surface area contributed by atoms with Gasteiger partial charge in [-0.25, -0.2) is 13.8 Å². The number of hydrogen-bond donors (Lipinski definition) is 1. The number of ketones is 1. The predicted octanol–water partition coefficient (Wildman–Crippen LogP) is 3.95. The third-order valence-corrected chi connectivity index (χ3v) is 6.10. The summed E-state index contributed by atoms with van der Waals surface area (Å²) in [5, 5.41) is 2.92. The van der Waals surface area contributed by atoms with Gasteiger partial charge in [-0.2, -0.15) is 0 Å². The number of benzene rings is 2. The Morgan fingerprint density at radius 3 is 2.67 bits per heavy atom. The standard InChI is InChI=1S/C25H20F2N4O2/c1-14-23(25(33)30-24(18-11-21(18)32)15-4-2-5-16(26)10-15)17-6-3-7-20(27)19(17)13-31(14)22-12-28-8-9-29-22/h2-10,12,18,24H,11,13H2,1H3,(H,30,33)/t18?,24-/m1/s1. The van der Waals surface area contributed by atoms with Crippen LogP contribution in [0.5, 0.6) is 0 Å². The highest BCUT2D eigenvalue weighted by Gasteiger charge is 2.44. The van der Waals surface area contributed by atoms with E-state index in [0.29, 0.717) is 34.6 Å². The molecule has 0 saturated heterocycles. The lowest BCUT2D eigenvalue weighted by atomic mass is 9.91. The molecule has 0 bridgehead atoms. The minimum absolute atomic E-state index is 0.00605. The molecule has 5 rings (SSSR count). The van der Waals surface area contributed by atoms with Crippen LogP contribution in [0, 0.1) is 17.6 Å². The Morgan fingerprint density at radius 2 is 1.97 bits per heavy atom. The van der Waals surface area contributed by atoms with E-state index in [2.05, 4.69) is 15.3 Å². The zero-order valence-electron chi connectivity index (χ0n) is 17.8. The lowest BCUT2D eigenvalue weighted by Gasteiger charge is -2.33. The number of halogens is 2. The van der Waals surface area contributed by atoms with Crippen LogP contribution in [0.3, 0.4) is 0 Å². The number of aromatic nitrogens is 2. The van der Waals surface area contributed by atoms with Crippen LogP contribution in [0.4, 0.5) is 14.6 Å². The summed E-state index contributed by atoms with van der Waals surface area (Å²) in [6.45, 7) is 1.95. The second kappa shape index (κ2) is 8.20. The minimum Gasteiger partial charge on any atom is -0.344 e. The van der Waals surface area contributed by atoms with Crippen molar-refractivity contribution < 1.29 is 18.4 Å². The van der Waals surface area contributed by atoms with Gasteiger partial charge in [-0.15, -0.1) is 0 Å². The summed E-state index contributed by atoms with van der Waals surface area (Å²) in [7, 11) is 0. The van der Waals surface area contributed by atoms with Crippen molar-refractivity contribution in [1.29, 1.82) is 0 Å². The average molecular weight is 446 g/mol. The Morgan fingerprint density at radius 1 is 1.18 bits per heavy atom. The first-order valence-corrected chi connectivity index (χ1v) is 10.5. The Labute approximate surface area is 189 Å². The molecule has 1 aliphatic heterocycles. The quantitative estimate of drug-likeness (QED) is 0.642. The molecule has 0 radical (unpaired) electrons. The Balaban J connectivity index is 1.57. The second-order valence-electron chi connectivity index (χ2n) is 8.16. The van der Waals surface area contributed by atoms with Crippen LogP contribution in [-0.2, 0) is 16.1 Å². The van der Waals surface area contributed by atoms with Crippen molar-refractivity contribution in [2.24, 2.45) is 5.92 Å². The molecule has 6 nitrogen and oxygen atoms in total. The van der Waals surface area contributed by atoms with Crippen LogP contribution in [0.2, 0.25) is 0 Å². The molecule has 1 unspecified atom stereocenters. The average Bonchev–Trinajstić information content (AvgIpc) is 3.53. The fourth-order valence-corrected chi connectivity index (χ4v) is 4.32. The van der Waals surface area contributed by atoms with Gasteiger partial charge < -0.3 is 10.2 Å². The van der Waals surface area contributed by atoms with Crippen LogP contribution in [0.1, 0.15) is 36.1 Å². The zero-order valence-corrected chi connectivity index (χ0v) is 17.8. The van der Waals surface area contributed by atoms with Crippen LogP contribution < -0.4 is 10.2 Å². The van der Waals surface area contributed by atoms with Gasteiger partial charge in [0.1, 0.15) is 17.4 Å². The van der Waals surface area contributed by atoms with E-state index in [-0.39, 0.29) is 17.9 Å². The van der Waals surface area contributed by atoms with Crippen molar-refractivity contribution in [1.82, 2.24) is 15.3 Å². The Kier molecular flexibility index (Phi) is 5.20. The summed E-state index contributed by atoms with van der Waals surface area (Å²) >= 11 is 0. The first-order valence-electron chi connectivity index (χ1n) is 10.5. The van der Waals surface area contributed by atoms with E-state index in [1.807, 2.05) is 0 Å². The molecular formula is C25H20F2N4O2. The highest BCUT2D eigenvalue weighted by atomic mass is 19.1. The topological polar surface area (TPSA) is 75.2 Å². The maximum Gasteiger partial charge on any atom is 0.254 e. The molecule has 33 heavy (non-hydrogen) atoms. The molecule has 2 heterocycles. The number of allylic oxidation sites excluding steroid dienone is 1. The Hall–Kier alpha value is -3.94. The van der Waals surface area contributed by atoms with E-state index in [1.165, 1.54) is 30.6 Å². The predicted molar refractivity (Wildman–Crippen MR) is 118 cm³/mol. The van der Waals surface area contributed by atoms with Crippen LogP contribution in [-0.4, -0.2) is 21.7 Å². The summed E-state index contributed by atoms with van der Waals surface area (Å²) < 4.78 is 28.7. The summed E-state index contributed by atoms with van der Waals surface area (Å²) in [4.78, 5) is 35.7. The number of carbonyl (C=O) groups is 2. The van der Waals surface area contributed by atoms with Crippen molar-refractivity contribution in [2.75, 3.05) is 4.90 Å². The molecule has 1 aromatic heterocycles. The molecule has 1 aliphatic carbocycles.